The van der Waals surface area contributed by atoms with Crippen molar-refractivity contribution in [3.05, 3.63) is 34.1 Å². The average Bonchev–Trinajstić information content (AvgIpc) is 2.74. The Morgan fingerprint density at radius 2 is 2.11 bits per heavy atom. The molecule has 2 amide bonds. The maximum atomic E-state index is 13.9. The van der Waals surface area contributed by atoms with E-state index < -0.39 is 17.6 Å². The van der Waals surface area contributed by atoms with Gasteiger partial charge in [0.2, 0.25) is 5.91 Å². The Balaban J connectivity index is 2.22. The molecule has 2 N–H and O–H groups in total. The number of hydrogen-bond donors (Lipinski definition) is 1. The molecule has 102 valence electrons. The smallest absolute Gasteiger partial charge is 0.256 e. The van der Waals surface area contributed by atoms with E-state index in [4.69, 9.17) is 5.73 Å². The van der Waals surface area contributed by atoms with Crippen molar-refractivity contribution < 1.29 is 14.0 Å². The quantitative estimate of drug-likeness (QED) is 0.899. The molecule has 1 saturated heterocycles. The lowest BCUT2D eigenvalue weighted by molar-refractivity contribution is -0.122. The molecule has 6 heteroatoms. The number of benzene rings is 1. The summed E-state index contributed by atoms with van der Waals surface area (Å²) in [5, 5.41) is 0. The molecule has 0 unspecified atom stereocenters. The van der Waals surface area contributed by atoms with Gasteiger partial charge in [0.05, 0.1) is 16.0 Å². The third-order valence-corrected chi connectivity index (χ3v) is 4.06. The molecule has 0 spiro atoms. The lowest BCUT2D eigenvalue weighted by atomic mass is 9.98. The van der Waals surface area contributed by atoms with Gasteiger partial charge in [-0.3, -0.25) is 9.59 Å². The summed E-state index contributed by atoms with van der Waals surface area (Å²) in [7, 11) is 0. The van der Waals surface area contributed by atoms with Gasteiger partial charge in [-0.2, -0.15) is 0 Å². The molecule has 2 rings (SSSR count). The van der Waals surface area contributed by atoms with Crippen LogP contribution >= 0.6 is 15.9 Å². The van der Waals surface area contributed by atoms with E-state index in [9.17, 15) is 14.0 Å². The van der Waals surface area contributed by atoms with E-state index in [1.807, 2.05) is 6.92 Å². The van der Waals surface area contributed by atoms with Gasteiger partial charge in [-0.15, -0.1) is 0 Å². The molecule has 1 fully saturated rings. The van der Waals surface area contributed by atoms with Crippen LogP contribution in [-0.4, -0.2) is 29.8 Å². The third kappa shape index (κ3) is 2.63. The zero-order valence-corrected chi connectivity index (χ0v) is 12.0. The normalized spacial score (nSPS) is 22.6. The molecule has 1 aromatic rings. The summed E-state index contributed by atoms with van der Waals surface area (Å²) in [6.07, 6.45) is 0. The number of rotatable bonds is 2. The van der Waals surface area contributed by atoms with E-state index in [0.717, 1.165) is 0 Å². The van der Waals surface area contributed by atoms with Crippen molar-refractivity contribution in [1.29, 1.82) is 0 Å². The molecule has 1 aromatic carbocycles. The summed E-state index contributed by atoms with van der Waals surface area (Å²) in [4.78, 5) is 25.0. The monoisotopic (exact) mass is 328 g/mol. The fourth-order valence-electron chi connectivity index (χ4n) is 2.34. The summed E-state index contributed by atoms with van der Waals surface area (Å²) in [5.41, 5.74) is 5.29. The molecule has 0 aromatic heterocycles. The van der Waals surface area contributed by atoms with Crippen LogP contribution in [0.15, 0.2) is 22.7 Å². The molecule has 1 aliphatic heterocycles. The maximum absolute atomic E-state index is 13.9. The predicted octanol–water partition coefficient (Wildman–Crippen LogP) is 1.78. The minimum atomic E-state index is -0.581. The Bertz CT molecular complexity index is 535. The summed E-state index contributed by atoms with van der Waals surface area (Å²) < 4.78 is 14.1. The Morgan fingerprint density at radius 3 is 2.68 bits per heavy atom. The average molecular weight is 329 g/mol. The van der Waals surface area contributed by atoms with E-state index in [1.165, 1.54) is 17.0 Å². The van der Waals surface area contributed by atoms with Crippen LogP contribution in [0.2, 0.25) is 0 Å². The zero-order valence-electron chi connectivity index (χ0n) is 10.4. The molecule has 2 atom stereocenters. The van der Waals surface area contributed by atoms with Crippen molar-refractivity contribution in [3.8, 4) is 0 Å². The van der Waals surface area contributed by atoms with Crippen LogP contribution < -0.4 is 5.73 Å². The van der Waals surface area contributed by atoms with E-state index in [1.54, 1.807) is 6.07 Å². The van der Waals surface area contributed by atoms with Crippen LogP contribution in [0.5, 0.6) is 0 Å². The molecule has 4 nitrogen and oxygen atoms in total. The molecule has 19 heavy (non-hydrogen) atoms. The zero-order chi connectivity index (χ0) is 14.2. The molecule has 1 heterocycles. The number of nitrogens with zero attached hydrogens (tertiary/aromatic N) is 1. The van der Waals surface area contributed by atoms with Crippen LogP contribution in [0.3, 0.4) is 0 Å². The predicted molar refractivity (Wildman–Crippen MR) is 71.9 cm³/mol. The van der Waals surface area contributed by atoms with Gasteiger partial charge in [0.15, 0.2) is 0 Å². The fourth-order valence-corrected chi connectivity index (χ4v) is 2.71. The Kier molecular flexibility index (Phi) is 3.89. The number of primary amides is 1. The molecular weight excluding hydrogens is 315 g/mol. The van der Waals surface area contributed by atoms with E-state index in [-0.39, 0.29) is 28.4 Å². The largest absolute Gasteiger partial charge is 0.369 e. The molecule has 0 aliphatic carbocycles. The van der Waals surface area contributed by atoms with Crippen LogP contribution in [0.25, 0.3) is 0 Å². The van der Waals surface area contributed by atoms with Gasteiger partial charge in [0, 0.05) is 13.1 Å². The summed E-state index contributed by atoms with van der Waals surface area (Å²) in [6, 6.07) is 4.57. The van der Waals surface area contributed by atoms with E-state index in [0.29, 0.717) is 6.54 Å². The number of halogens is 2. The maximum Gasteiger partial charge on any atom is 0.256 e. The van der Waals surface area contributed by atoms with E-state index in [2.05, 4.69) is 15.9 Å². The van der Waals surface area contributed by atoms with Crippen LogP contribution in [0.4, 0.5) is 4.39 Å². The molecule has 0 radical (unpaired) electrons. The number of carbonyl (C=O) groups excluding carboxylic acids is 2. The second-order valence-corrected chi connectivity index (χ2v) is 5.65. The first-order valence-corrected chi connectivity index (χ1v) is 6.73. The number of hydrogen-bond acceptors (Lipinski definition) is 2. The van der Waals surface area contributed by atoms with Crippen molar-refractivity contribution in [2.24, 2.45) is 17.6 Å². The van der Waals surface area contributed by atoms with Crippen LogP contribution in [0.1, 0.15) is 17.3 Å². The van der Waals surface area contributed by atoms with Crippen molar-refractivity contribution in [2.75, 3.05) is 13.1 Å². The highest BCUT2D eigenvalue weighted by molar-refractivity contribution is 9.10. The van der Waals surface area contributed by atoms with Crippen molar-refractivity contribution in [3.63, 3.8) is 0 Å². The Morgan fingerprint density at radius 1 is 1.42 bits per heavy atom. The first kappa shape index (κ1) is 14.0. The number of amides is 2. The van der Waals surface area contributed by atoms with Gasteiger partial charge in [-0.25, -0.2) is 4.39 Å². The molecule has 0 saturated carbocycles. The highest BCUT2D eigenvalue weighted by Crippen LogP contribution is 2.26. The summed E-state index contributed by atoms with van der Waals surface area (Å²) >= 11 is 3.05. The minimum Gasteiger partial charge on any atom is -0.369 e. The summed E-state index contributed by atoms with van der Waals surface area (Å²) in [6.45, 7) is 2.53. The second kappa shape index (κ2) is 5.28. The Labute approximate surface area is 118 Å². The van der Waals surface area contributed by atoms with Gasteiger partial charge < -0.3 is 10.6 Å². The van der Waals surface area contributed by atoms with Gasteiger partial charge in [-0.1, -0.05) is 13.0 Å². The minimum absolute atomic E-state index is 0.00309. The van der Waals surface area contributed by atoms with Gasteiger partial charge in [0.1, 0.15) is 5.82 Å². The lowest BCUT2D eigenvalue weighted by Crippen LogP contribution is -2.32. The SMILES string of the molecule is C[C@@H]1CN(C(=O)c2cccc(Br)c2F)C[C@H]1C(N)=O. The molecule has 1 aliphatic rings. The summed E-state index contributed by atoms with van der Waals surface area (Å²) in [5.74, 6) is -1.77. The lowest BCUT2D eigenvalue weighted by Gasteiger charge is -2.16. The second-order valence-electron chi connectivity index (χ2n) is 4.80. The first-order valence-electron chi connectivity index (χ1n) is 5.94. The number of nitrogens with two attached hydrogens (primary N) is 1. The van der Waals surface area contributed by atoms with Crippen LogP contribution in [0, 0.1) is 17.7 Å². The van der Waals surface area contributed by atoms with Gasteiger partial charge in [-0.05, 0) is 34.0 Å². The number of carbonyl (C=O) groups is 2. The van der Waals surface area contributed by atoms with Gasteiger partial charge in [0.25, 0.3) is 5.91 Å². The van der Waals surface area contributed by atoms with Crippen molar-refractivity contribution >= 4 is 27.7 Å². The first-order chi connectivity index (χ1) is 8.91. The van der Waals surface area contributed by atoms with E-state index >= 15 is 0 Å². The molecule has 0 bridgehead atoms. The fraction of sp³-hybridized carbons (Fsp3) is 0.385. The highest BCUT2D eigenvalue weighted by Gasteiger charge is 2.36. The molecular formula is C13H14BrFN2O2. The van der Waals surface area contributed by atoms with Gasteiger partial charge >= 0.3 is 0 Å². The Hall–Kier alpha value is -1.43. The number of likely N-dealkylation sites (tertiary alicyclic amines) is 1. The van der Waals surface area contributed by atoms with Crippen molar-refractivity contribution in [2.45, 2.75) is 6.92 Å². The third-order valence-electron chi connectivity index (χ3n) is 3.45. The van der Waals surface area contributed by atoms with Crippen molar-refractivity contribution in [1.82, 2.24) is 4.90 Å². The topological polar surface area (TPSA) is 63.4 Å². The highest BCUT2D eigenvalue weighted by atomic mass is 79.9. The standard InChI is InChI=1S/C13H14BrFN2O2/c1-7-5-17(6-9(7)12(16)18)13(19)8-3-2-4-10(14)11(8)15/h2-4,7,9H,5-6H2,1H3,(H2,16,18)/t7-,9-/m1/s1. The van der Waals surface area contributed by atoms with Crippen LogP contribution in [-0.2, 0) is 4.79 Å².